The second kappa shape index (κ2) is 12.8. The summed E-state index contributed by atoms with van der Waals surface area (Å²) in [5, 5.41) is 0.907. The van der Waals surface area contributed by atoms with Crippen molar-refractivity contribution in [3.63, 3.8) is 0 Å². The SMILES string of the molecule is CO[Si](OC)(OC)c1ccc(N(c2ccc(C)cc2)c2ccc(N(c3ccc(C)cc3)c3ccc(C)cc3)cc2)cc1. The molecule has 0 saturated carbocycles. The molecule has 0 atom stereocenters. The summed E-state index contributed by atoms with van der Waals surface area (Å²) in [7, 11) is 1.95. The molecule has 0 fully saturated rings. The first-order valence-corrected chi connectivity index (χ1v) is 15.8. The van der Waals surface area contributed by atoms with Gasteiger partial charge in [-0.05, 0) is 93.6 Å². The van der Waals surface area contributed by atoms with E-state index in [9.17, 15) is 0 Å². The predicted molar refractivity (Wildman–Crippen MR) is 176 cm³/mol. The molecule has 5 aromatic rings. The fourth-order valence-electron chi connectivity index (χ4n) is 5.14. The number of hydrogen-bond acceptors (Lipinski definition) is 5. The van der Waals surface area contributed by atoms with E-state index >= 15 is 0 Å². The summed E-state index contributed by atoms with van der Waals surface area (Å²) in [4.78, 5) is 4.54. The molecule has 0 amide bonds. The molecule has 0 saturated heterocycles. The van der Waals surface area contributed by atoms with Crippen molar-refractivity contribution >= 4 is 48.1 Å². The number of benzene rings is 5. The van der Waals surface area contributed by atoms with Crippen LogP contribution in [-0.4, -0.2) is 30.1 Å². The lowest BCUT2D eigenvalue weighted by Crippen LogP contribution is -2.54. The molecule has 214 valence electrons. The van der Waals surface area contributed by atoms with Gasteiger partial charge in [-0.1, -0.05) is 65.2 Å². The Morgan fingerprint density at radius 3 is 0.810 bits per heavy atom. The van der Waals surface area contributed by atoms with E-state index in [0.717, 1.165) is 39.3 Å². The van der Waals surface area contributed by atoms with E-state index in [1.54, 1.807) is 21.3 Å². The highest BCUT2D eigenvalue weighted by molar-refractivity contribution is 6.75. The standard InChI is InChI=1S/C36H38N2O3Si/c1-27-7-13-30(14-8-27)37(31-15-9-28(2)10-16-31)33-19-21-34(22-20-33)38(32-17-11-29(3)12-18-32)35-23-25-36(26-24-35)42(39-4,40-5)41-6/h7-26H,1-6H3. The average molecular weight is 575 g/mol. The molecule has 5 rings (SSSR count). The molecule has 6 heteroatoms. The van der Waals surface area contributed by atoms with Gasteiger partial charge >= 0.3 is 8.80 Å². The molecule has 0 aliphatic heterocycles. The van der Waals surface area contributed by atoms with Crippen LogP contribution in [-0.2, 0) is 13.3 Å². The number of hydrogen-bond donors (Lipinski definition) is 0. The second-order valence-corrected chi connectivity index (χ2v) is 13.3. The quantitative estimate of drug-likeness (QED) is 0.156. The van der Waals surface area contributed by atoms with Gasteiger partial charge in [-0.2, -0.15) is 0 Å². The minimum atomic E-state index is -2.93. The van der Waals surface area contributed by atoms with Crippen LogP contribution in [0.1, 0.15) is 16.7 Å². The second-order valence-electron chi connectivity index (χ2n) is 10.4. The van der Waals surface area contributed by atoms with Gasteiger partial charge in [-0.25, -0.2) is 0 Å². The van der Waals surface area contributed by atoms with Crippen LogP contribution in [0.3, 0.4) is 0 Å². The number of nitrogens with zero attached hydrogens (tertiary/aromatic N) is 2. The highest BCUT2D eigenvalue weighted by Gasteiger charge is 2.40. The highest BCUT2D eigenvalue weighted by Crippen LogP contribution is 2.39. The van der Waals surface area contributed by atoms with Gasteiger partial charge < -0.3 is 23.1 Å². The number of anilines is 6. The van der Waals surface area contributed by atoms with Crippen molar-refractivity contribution in [2.75, 3.05) is 31.1 Å². The van der Waals surface area contributed by atoms with E-state index in [2.05, 4.69) is 140 Å². The number of rotatable bonds is 10. The van der Waals surface area contributed by atoms with Crippen LogP contribution in [0.2, 0.25) is 0 Å². The average Bonchev–Trinajstić information content (AvgIpc) is 3.03. The molecule has 5 nitrogen and oxygen atoms in total. The van der Waals surface area contributed by atoms with E-state index in [1.165, 1.54) is 16.7 Å². The lowest BCUT2D eigenvalue weighted by molar-refractivity contribution is 0.140. The normalized spacial score (nSPS) is 11.4. The zero-order valence-electron chi connectivity index (χ0n) is 25.2. The lowest BCUT2D eigenvalue weighted by atomic mass is 10.1. The van der Waals surface area contributed by atoms with Crippen LogP contribution in [0.25, 0.3) is 0 Å². The fourth-order valence-corrected chi connectivity index (χ4v) is 6.93. The van der Waals surface area contributed by atoms with Crippen LogP contribution in [0, 0.1) is 20.8 Å². The largest absolute Gasteiger partial charge is 0.536 e. The fraction of sp³-hybridized carbons (Fsp3) is 0.167. The molecule has 0 N–H and O–H groups in total. The molecule has 0 radical (unpaired) electrons. The smallest absolute Gasteiger partial charge is 0.373 e. The summed E-state index contributed by atoms with van der Waals surface area (Å²) < 4.78 is 17.1. The summed E-state index contributed by atoms with van der Waals surface area (Å²) in [6.07, 6.45) is 0. The van der Waals surface area contributed by atoms with Crippen LogP contribution in [0.5, 0.6) is 0 Å². The maximum Gasteiger partial charge on any atom is 0.536 e. The van der Waals surface area contributed by atoms with Crippen LogP contribution < -0.4 is 15.0 Å². The monoisotopic (exact) mass is 574 g/mol. The molecule has 42 heavy (non-hydrogen) atoms. The number of aryl methyl sites for hydroxylation is 3. The van der Waals surface area contributed by atoms with Crippen molar-refractivity contribution in [2.45, 2.75) is 20.8 Å². The van der Waals surface area contributed by atoms with Crippen molar-refractivity contribution < 1.29 is 13.3 Å². The van der Waals surface area contributed by atoms with Crippen LogP contribution >= 0.6 is 0 Å². The Bertz CT molecular complexity index is 1530. The Balaban J connectivity index is 1.56. The van der Waals surface area contributed by atoms with E-state index < -0.39 is 8.80 Å². The first-order chi connectivity index (χ1) is 20.4. The third kappa shape index (κ3) is 6.03. The maximum atomic E-state index is 5.70. The Hall–Kier alpha value is -4.20. The Kier molecular flexibility index (Phi) is 8.90. The molecule has 0 unspecified atom stereocenters. The first kappa shape index (κ1) is 29.3. The molecular weight excluding hydrogens is 536 g/mol. The van der Waals surface area contributed by atoms with Gasteiger partial charge in [0.05, 0.1) is 0 Å². The van der Waals surface area contributed by atoms with E-state index in [0.29, 0.717) is 0 Å². The molecule has 0 spiro atoms. The van der Waals surface area contributed by atoms with Gasteiger partial charge in [0.1, 0.15) is 0 Å². The third-order valence-corrected chi connectivity index (χ3v) is 10.2. The molecular formula is C36H38N2O3Si. The minimum absolute atomic E-state index is 0.907. The zero-order chi connectivity index (χ0) is 29.7. The van der Waals surface area contributed by atoms with Crippen LogP contribution in [0.15, 0.2) is 121 Å². The Labute approximate surface area is 250 Å². The van der Waals surface area contributed by atoms with Gasteiger partial charge in [0.2, 0.25) is 0 Å². The topological polar surface area (TPSA) is 34.2 Å². The minimum Gasteiger partial charge on any atom is -0.373 e. The van der Waals surface area contributed by atoms with Crippen molar-refractivity contribution in [1.82, 2.24) is 0 Å². The summed E-state index contributed by atoms with van der Waals surface area (Å²) in [5.41, 5.74) is 10.2. The Morgan fingerprint density at radius 2 is 0.571 bits per heavy atom. The van der Waals surface area contributed by atoms with Crippen molar-refractivity contribution in [3.8, 4) is 0 Å². The molecule has 5 aromatic carbocycles. The van der Waals surface area contributed by atoms with Crippen molar-refractivity contribution in [1.29, 1.82) is 0 Å². The van der Waals surface area contributed by atoms with Crippen molar-refractivity contribution in [3.05, 3.63) is 138 Å². The van der Waals surface area contributed by atoms with Gasteiger partial charge in [0.15, 0.2) is 0 Å². The molecule has 0 aliphatic rings. The van der Waals surface area contributed by atoms with Crippen molar-refractivity contribution in [2.24, 2.45) is 0 Å². The highest BCUT2D eigenvalue weighted by atomic mass is 28.4. The summed E-state index contributed by atoms with van der Waals surface area (Å²) in [6.45, 7) is 6.33. The van der Waals surface area contributed by atoms with Gasteiger partial charge in [-0.3, -0.25) is 0 Å². The molecule has 0 bridgehead atoms. The van der Waals surface area contributed by atoms with Crippen LogP contribution in [0.4, 0.5) is 34.1 Å². The summed E-state index contributed by atoms with van der Waals surface area (Å²) in [6, 6.07) is 42.9. The third-order valence-electron chi connectivity index (χ3n) is 7.53. The molecule has 0 heterocycles. The first-order valence-electron chi connectivity index (χ1n) is 14.0. The summed E-state index contributed by atoms with van der Waals surface area (Å²) >= 11 is 0. The predicted octanol–water partition coefficient (Wildman–Crippen LogP) is 8.64. The zero-order valence-corrected chi connectivity index (χ0v) is 26.2. The van der Waals surface area contributed by atoms with Gasteiger partial charge in [0.25, 0.3) is 0 Å². The van der Waals surface area contributed by atoms with E-state index in [4.69, 9.17) is 13.3 Å². The summed E-state index contributed by atoms with van der Waals surface area (Å²) in [5.74, 6) is 0. The maximum absolute atomic E-state index is 5.70. The van der Waals surface area contributed by atoms with E-state index in [-0.39, 0.29) is 0 Å². The molecule has 0 aromatic heterocycles. The lowest BCUT2D eigenvalue weighted by Gasteiger charge is -2.29. The van der Waals surface area contributed by atoms with Gasteiger partial charge in [0, 0.05) is 60.6 Å². The van der Waals surface area contributed by atoms with E-state index in [1.807, 2.05) is 12.1 Å². The van der Waals surface area contributed by atoms with Gasteiger partial charge in [-0.15, -0.1) is 0 Å². The molecule has 0 aliphatic carbocycles. The Morgan fingerprint density at radius 1 is 0.357 bits per heavy atom.